The average molecular weight is 304 g/mol. The van der Waals surface area contributed by atoms with Crippen molar-refractivity contribution in [2.75, 3.05) is 0 Å². The van der Waals surface area contributed by atoms with E-state index in [0.29, 0.717) is 11.8 Å². The summed E-state index contributed by atoms with van der Waals surface area (Å²) in [5.41, 5.74) is 1.45. The molecule has 1 heterocycles. The van der Waals surface area contributed by atoms with Crippen molar-refractivity contribution >= 4 is 42.3 Å². The fourth-order valence-corrected chi connectivity index (χ4v) is 4.26. The number of benzene rings is 3. The Morgan fingerprint density at radius 1 is 0.727 bits per heavy atom. The third kappa shape index (κ3) is 2.12. The molecule has 1 aromatic heterocycles. The van der Waals surface area contributed by atoms with Crippen molar-refractivity contribution in [3.63, 3.8) is 0 Å². The molecule has 0 spiro atoms. The molecule has 4 aromatic rings. The van der Waals surface area contributed by atoms with Crippen LogP contribution < -0.4 is 0 Å². The number of hydrogen-bond acceptors (Lipinski definition) is 1. The van der Waals surface area contributed by atoms with E-state index in [-0.39, 0.29) is 0 Å². The summed E-state index contributed by atoms with van der Waals surface area (Å²) in [4.78, 5) is 0. The lowest BCUT2D eigenvalue weighted by molar-refractivity contribution is 0.535. The van der Waals surface area contributed by atoms with E-state index >= 15 is 0 Å². The minimum absolute atomic E-state index is 0.597. The molecule has 0 radical (unpaired) electrons. The van der Waals surface area contributed by atoms with Crippen molar-refractivity contribution in [3.05, 3.63) is 60.2 Å². The third-order valence-electron chi connectivity index (χ3n) is 4.89. The van der Waals surface area contributed by atoms with Crippen LogP contribution in [0.2, 0.25) is 0 Å². The number of fused-ring (bicyclic) bond motifs is 4. The highest BCUT2D eigenvalue weighted by Crippen LogP contribution is 2.38. The minimum atomic E-state index is 0.597. The Bertz CT molecular complexity index is 975. The molecule has 4 rings (SSSR count). The number of thiophene rings is 1. The maximum absolute atomic E-state index is 2.41. The van der Waals surface area contributed by atoms with E-state index in [2.05, 4.69) is 75.4 Å². The Balaban J connectivity index is 2.02. The lowest BCUT2D eigenvalue weighted by Crippen LogP contribution is -2.01. The van der Waals surface area contributed by atoms with Crippen LogP contribution in [0, 0.1) is 5.92 Å². The monoisotopic (exact) mass is 304 g/mol. The molecular formula is C21H20S. The molecule has 0 amide bonds. The van der Waals surface area contributed by atoms with Crippen molar-refractivity contribution in [1.82, 2.24) is 0 Å². The summed E-state index contributed by atoms with van der Waals surface area (Å²) in [5.74, 6) is 1.27. The van der Waals surface area contributed by atoms with Crippen molar-refractivity contribution < 1.29 is 0 Å². The summed E-state index contributed by atoms with van der Waals surface area (Å²) in [5, 5.41) is 5.47. The highest BCUT2D eigenvalue weighted by Gasteiger charge is 2.13. The molecule has 0 saturated heterocycles. The molecule has 0 nitrogen and oxygen atoms in total. The summed E-state index contributed by atoms with van der Waals surface area (Å²) in [7, 11) is 0. The van der Waals surface area contributed by atoms with Gasteiger partial charge < -0.3 is 0 Å². The fraction of sp³-hybridized carbons (Fsp3) is 0.238. The van der Waals surface area contributed by atoms with Gasteiger partial charge in [-0.25, -0.2) is 0 Å². The first kappa shape index (κ1) is 13.8. The van der Waals surface area contributed by atoms with Crippen molar-refractivity contribution in [3.8, 4) is 0 Å². The molecule has 1 unspecified atom stereocenters. The molecule has 110 valence electrons. The van der Waals surface area contributed by atoms with Crippen LogP contribution in [0.1, 0.15) is 32.3 Å². The lowest BCUT2D eigenvalue weighted by atomic mass is 9.89. The quantitative estimate of drug-likeness (QED) is 0.375. The van der Waals surface area contributed by atoms with Crippen molar-refractivity contribution in [1.29, 1.82) is 0 Å². The smallest absolute Gasteiger partial charge is 0.0361 e. The maximum atomic E-state index is 2.41. The minimum Gasteiger partial charge on any atom is -0.135 e. The second-order valence-corrected chi connectivity index (χ2v) is 7.67. The Labute approximate surface area is 135 Å². The van der Waals surface area contributed by atoms with E-state index < -0.39 is 0 Å². The van der Waals surface area contributed by atoms with E-state index in [0.717, 1.165) is 0 Å². The topological polar surface area (TPSA) is 0 Å². The molecule has 0 bridgehead atoms. The summed E-state index contributed by atoms with van der Waals surface area (Å²) in [6, 6.07) is 20.4. The van der Waals surface area contributed by atoms with Crippen LogP contribution in [0.25, 0.3) is 30.9 Å². The lowest BCUT2D eigenvalue weighted by Gasteiger charge is -2.15. The van der Waals surface area contributed by atoms with E-state index in [4.69, 9.17) is 0 Å². The molecule has 0 fully saturated rings. The Kier molecular flexibility index (Phi) is 3.19. The molecule has 1 atom stereocenters. The van der Waals surface area contributed by atoms with Gasteiger partial charge in [-0.05, 0) is 52.4 Å². The first-order valence-electron chi connectivity index (χ1n) is 7.98. The highest BCUT2D eigenvalue weighted by atomic mass is 32.1. The van der Waals surface area contributed by atoms with Gasteiger partial charge in [0, 0.05) is 20.2 Å². The van der Waals surface area contributed by atoms with Gasteiger partial charge in [0.2, 0.25) is 0 Å². The van der Waals surface area contributed by atoms with Gasteiger partial charge in [0.25, 0.3) is 0 Å². The number of rotatable bonds is 2. The second kappa shape index (κ2) is 5.10. The molecule has 22 heavy (non-hydrogen) atoms. The molecule has 1 heteroatoms. The summed E-state index contributed by atoms with van der Waals surface area (Å²) in [6.45, 7) is 6.93. The van der Waals surface area contributed by atoms with Gasteiger partial charge in [-0.3, -0.25) is 0 Å². The third-order valence-corrected chi connectivity index (χ3v) is 6.02. The normalized spacial score (nSPS) is 13.5. The zero-order valence-corrected chi connectivity index (χ0v) is 14.1. The summed E-state index contributed by atoms with van der Waals surface area (Å²) < 4.78 is 2.79. The molecule has 0 aliphatic rings. The van der Waals surface area contributed by atoms with Crippen LogP contribution in [0.15, 0.2) is 54.6 Å². The van der Waals surface area contributed by atoms with Gasteiger partial charge >= 0.3 is 0 Å². The first-order valence-corrected chi connectivity index (χ1v) is 8.80. The maximum Gasteiger partial charge on any atom is 0.0361 e. The standard InChI is InChI=1S/C21H20S/c1-13(2)14(3)15-8-9-20-18(10-15)19-11-16-6-4-5-7-17(16)12-21(19)22-20/h4-14H,1-3H3. The van der Waals surface area contributed by atoms with Crippen molar-refractivity contribution in [2.24, 2.45) is 5.92 Å². The number of hydrogen-bond donors (Lipinski definition) is 0. The Morgan fingerprint density at radius 2 is 1.41 bits per heavy atom. The van der Waals surface area contributed by atoms with Crippen LogP contribution >= 0.6 is 11.3 Å². The van der Waals surface area contributed by atoms with E-state index in [1.165, 1.54) is 36.5 Å². The summed E-state index contributed by atoms with van der Waals surface area (Å²) >= 11 is 1.91. The van der Waals surface area contributed by atoms with Crippen LogP contribution in [0.3, 0.4) is 0 Å². The Hall–Kier alpha value is -1.86. The van der Waals surface area contributed by atoms with Crippen LogP contribution in [-0.4, -0.2) is 0 Å². The molecule has 0 aliphatic heterocycles. The second-order valence-electron chi connectivity index (χ2n) is 6.59. The van der Waals surface area contributed by atoms with Crippen LogP contribution in [-0.2, 0) is 0 Å². The van der Waals surface area contributed by atoms with Gasteiger partial charge in [0.15, 0.2) is 0 Å². The van der Waals surface area contributed by atoms with Crippen molar-refractivity contribution in [2.45, 2.75) is 26.7 Å². The Morgan fingerprint density at radius 3 is 2.14 bits per heavy atom. The molecule has 3 aromatic carbocycles. The highest BCUT2D eigenvalue weighted by molar-refractivity contribution is 7.25. The van der Waals surface area contributed by atoms with Gasteiger partial charge in [0.05, 0.1) is 0 Å². The summed E-state index contributed by atoms with van der Waals surface area (Å²) in [6.07, 6.45) is 0. The van der Waals surface area contributed by atoms with Crippen LogP contribution in [0.4, 0.5) is 0 Å². The fourth-order valence-electron chi connectivity index (χ4n) is 3.15. The van der Waals surface area contributed by atoms with Gasteiger partial charge in [-0.15, -0.1) is 11.3 Å². The predicted octanol–water partition coefficient (Wildman–Crippen LogP) is 6.97. The SMILES string of the molecule is CC(C)C(C)c1ccc2sc3cc4ccccc4cc3c2c1. The van der Waals surface area contributed by atoms with E-state index in [1.54, 1.807) is 0 Å². The van der Waals surface area contributed by atoms with Gasteiger partial charge in [0.1, 0.15) is 0 Å². The zero-order valence-electron chi connectivity index (χ0n) is 13.3. The molecule has 0 N–H and O–H groups in total. The van der Waals surface area contributed by atoms with E-state index in [1.807, 2.05) is 11.3 Å². The van der Waals surface area contributed by atoms with Gasteiger partial charge in [-0.1, -0.05) is 51.1 Å². The largest absolute Gasteiger partial charge is 0.135 e. The zero-order chi connectivity index (χ0) is 15.3. The van der Waals surface area contributed by atoms with E-state index in [9.17, 15) is 0 Å². The molecule has 0 aliphatic carbocycles. The van der Waals surface area contributed by atoms with Crippen LogP contribution in [0.5, 0.6) is 0 Å². The predicted molar refractivity (Wildman–Crippen MR) is 100 cm³/mol. The molecule has 0 saturated carbocycles. The average Bonchev–Trinajstić information content (AvgIpc) is 2.88. The first-order chi connectivity index (χ1) is 10.6. The van der Waals surface area contributed by atoms with Gasteiger partial charge in [-0.2, -0.15) is 0 Å². The molecular weight excluding hydrogens is 284 g/mol.